The number of methoxy groups -OCH3 is 1. The number of hydrogen-bond acceptors (Lipinski definition) is 6. The first-order valence-electron chi connectivity index (χ1n) is 10.2. The molecule has 164 valence electrons. The molecule has 0 aliphatic carbocycles. The molecule has 1 amide bonds. The van der Waals surface area contributed by atoms with Gasteiger partial charge in [-0.25, -0.2) is 0 Å². The first-order valence-corrected chi connectivity index (χ1v) is 11.1. The molecule has 1 aromatic heterocycles. The van der Waals surface area contributed by atoms with Crippen molar-refractivity contribution in [1.29, 1.82) is 0 Å². The van der Waals surface area contributed by atoms with E-state index >= 15 is 0 Å². The van der Waals surface area contributed by atoms with Gasteiger partial charge >= 0.3 is 0 Å². The number of nitrogens with one attached hydrogen (secondary N) is 1. The van der Waals surface area contributed by atoms with Gasteiger partial charge in [-0.3, -0.25) is 4.79 Å². The van der Waals surface area contributed by atoms with E-state index in [9.17, 15) is 4.79 Å². The molecular weight excluding hydrogens is 412 g/mol. The van der Waals surface area contributed by atoms with Crippen LogP contribution in [0, 0.1) is 13.8 Å². The van der Waals surface area contributed by atoms with Crippen LogP contribution in [0.5, 0.6) is 11.5 Å². The van der Waals surface area contributed by atoms with Gasteiger partial charge in [0, 0.05) is 6.54 Å². The van der Waals surface area contributed by atoms with Crippen molar-refractivity contribution in [3.8, 4) is 11.5 Å². The summed E-state index contributed by atoms with van der Waals surface area (Å²) in [5.74, 6) is 2.26. The van der Waals surface area contributed by atoms with Crippen molar-refractivity contribution >= 4 is 23.4 Å². The van der Waals surface area contributed by atoms with Crippen LogP contribution in [0.2, 0.25) is 0 Å². The lowest BCUT2D eigenvalue weighted by Crippen LogP contribution is -2.16. The number of amides is 1. The van der Waals surface area contributed by atoms with Gasteiger partial charge in [0.05, 0.1) is 18.6 Å². The predicted molar refractivity (Wildman–Crippen MR) is 123 cm³/mol. The minimum absolute atomic E-state index is 0.138. The number of thioether (sulfide) groups is 1. The second-order valence-corrected chi connectivity index (χ2v) is 8.09. The molecule has 0 saturated heterocycles. The topological polar surface area (TPSA) is 78.3 Å². The number of rotatable bonds is 9. The largest absolute Gasteiger partial charge is 0.495 e. The minimum atomic E-state index is -0.273. The smallest absolute Gasteiger partial charge is 0.234 e. The number of carbonyl (C=O) groups is 1. The van der Waals surface area contributed by atoms with E-state index in [2.05, 4.69) is 28.5 Å². The first-order chi connectivity index (χ1) is 14.9. The Morgan fingerprint density at radius 3 is 2.65 bits per heavy atom. The molecule has 1 N–H and O–H groups in total. The van der Waals surface area contributed by atoms with Crippen LogP contribution in [-0.2, 0) is 11.3 Å². The molecule has 0 saturated carbocycles. The van der Waals surface area contributed by atoms with Gasteiger partial charge < -0.3 is 19.4 Å². The number of anilines is 1. The summed E-state index contributed by atoms with van der Waals surface area (Å²) in [6, 6.07) is 13.4. The normalized spacial score (nSPS) is 11.8. The van der Waals surface area contributed by atoms with E-state index < -0.39 is 0 Å². The van der Waals surface area contributed by atoms with E-state index in [-0.39, 0.29) is 17.8 Å². The predicted octanol–water partition coefficient (Wildman–Crippen LogP) is 4.79. The van der Waals surface area contributed by atoms with E-state index in [1.807, 2.05) is 49.6 Å². The number of ether oxygens (including phenoxy) is 2. The fraction of sp³-hybridized carbons (Fsp3) is 0.348. The molecule has 0 spiro atoms. The summed E-state index contributed by atoms with van der Waals surface area (Å²) >= 11 is 1.34. The van der Waals surface area contributed by atoms with Crippen molar-refractivity contribution < 1.29 is 14.3 Å². The van der Waals surface area contributed by atoms with Crippen LogP contribution in [0.25, 0.3) is 0 Å². The molecule has 8 heteroatoms. The van der Waals surface area contributed by atoms with Gasteiger partial charge in [0.2, 0.25) is 5.91 Å². The lowest BCUT2D eigenvalue weighted by Gasteiger charge is -2.17. The van der Waals surface area contributed by atoms with Crippen LogP contribution in [-0.4, -0.2) is 33.5 Å². The van der Waals surface area contributed by atoms with Crippen LogP contribution in [0.15, 0.2) is 47.6 Å². The third kappa shape index (κ3) is 5.58. The van der Waals surface area contributed by atoms with E-state index in [1.165, 1.54) is 17.3 Å². The third-order valence-electron chi connectivity index (χ3n) is 4.77. The molecule has 0 radical (unpaired) electrons. The Morgan fingerprint density at radius 2 is 1.94 bits per heavy atom. The molecule has 3 aromatic rings. The molecule has 7 nitrogen and oxygen atoms in total. The lowest BCUT2D eigenvalue weighted by molar-refractivity contribution is -0.113. The Balaban J connectivity index is 1.66. The molecule has 0 fully saturated rings. The summed E-state index contributed by atoms with van der Waals surface area (Å²) < 4.78 is 13.4. The molecule has 1 unspecified atom stereocenters. The van der Waals surface area contributed by atoms with Crippen molar-refractivity contribution in [3.05, 3.63) is 59.4 Å². The SMILES string of the molecule is CCn1c(SCC(=O)Nc2ccccc2OC)nnc1C(C)Oc1ccc(C)cc1C. The number of carbonyl (C=O) groups excluding carboxylic acids is 1. The maximum absolute atomic E-state index is 12.4. The number of aromatic nitrogens is 3. The molecule has 3 rings (SSSR count). The van der Waals surface area contributed by atoms with Crippen molar-refractivity contribution in [2.24, 2.45) is 0 Å². The summed E-state index contributed by atoms with van der Waals surface area (Å²) in [7, 11) is 1.58. The zero-order valence-corrected chi connectivity index (χ0v) is 19.3. The van der Waals surface area contributed by atoms with Crippen LogP contribution in [0.4, 0.5) is 5.69 Å². The number of benzene rings is 2. The van der Waals surface area contributed by atoms with Crippen molar-refractivity contribution in [3.63, 3.8) is 0 Å². The Morgan fingerprint density at radius 1 is 1.16 bits per heavy atom. The second kappa shape index (κ2) is 10.3. The zero-order chi connectivity index (χ0) is 22.4. The molecule has 0 aliphatic rings. The van der Waals surface area contributed by atoms with E-state index in [0.29, 0.717) is 23.1 Å². The summed E-state index contributed by atoms with van der Waals surface area (Å²) in [5, 5.41) is 12.2. The Labute approximate surface area is 187 Å². The summed E-state index contributed by atoms with van der Waals surface area (Å²) in [6.07, 6.45) is -0.273. The molecule has 1 atom stereocenters. The van der Waals surface area contributed by atoms with Crippen molar-refractivity contribution in [2.45, 2.75) is 45.5 Å². The van der Waals surface area contributed by atoms with Crippen LogP contribution < -0.4 is 14.8 Å². The highest BCUT2D eigenvalue weighted by atomic mass is 32.2. The number of nitrogens with zero attached hydrogens (tertiary/aromatic N) is 3. The molecule has 2 aromatic carbocycles. The number of para-hydroxylation sites is 2. The average Bonchev–Trinajstić information content (AvgIpc) is 3.17. The maximum Gasteiger partial charge on any atom is 0.234 e. The van der Waals surface area contributed by atoms with Gasteiger partial charge in [0.1, 0.15) is 11.5 Å². The van der Waals surface area contributed by atoms with Gasteiger partial charge in [0.25, 0.3) is 0 Å². The van der Waals surface area contributed by atoms with Gasteiger partial charge in [-0.15, -0.1) is 10.2 Å². The molecule has 1 heterocycles. The fourth-order valence-electron chi connectivity index (χ4n) is 3.24. The second-order valence-electron chi connectivity index (χ2n) is 7.15. The Bertz CT molecular complexity index is 1050. The van der Waals surface area contributed by atoms with Gasteiger partial charge in [-0.05, 0) is 51.5 Å². The quantitative estimate of drug-likeness (QED) is 0.482. The summed E-state index contributed by atoms with van der Waals surface area (Å²) in [6.45, 7) is 8.75. The van der Waals surface area contributed by atoms with Crippen molar-refractivity contribution in [2.75, 3.05) is 18.2 Å². The Hall–Kier alpha value is -3.00. The minimum Gasteiger partial charge on any atom is -0.495 e. The van der Waals surface area contributed by atoms with Crippen LogP contribution in [0.3, 0.4) is 0 Å². The maximum atomic E-state index is 12.4. The molecule has 31 heavy (non-hydrogen) atoms. The van der Waals surface area contributed by atoms with Crippen molar-refractivity contribution in [1.82, 2.24) is 14.8 Å². The van der Waals surface area contributed by atoms with Crippen LogP contribution in [0.1, 0.15) is 36.9 Å². The number of aryl methyl sites for hydroxylation is 2. The zero-order valence-electron chi connectivity index (χ0n) is 18.5. The molecular formula is C23H28N4O3S. The third-order valence-corrected chi connectivity index (χ3v) is 5.74. The summed E-state index contributed by atoms with van der Waals surface area (Å²) in [4.78, 5) is 12.4. The Kier molecular flexibility index (Phi) is 7.57. The van der Waals surface area contributed by atoms with Gasteiger partial charge in [-0.2, -0.15) is 0 Å². The molecule has 0 aliphatic heterocycles. The van der Waals surface area contributed by atoms with Crippen LogP contribution >= 0.6 is 11.8 Å². The monoisotopic (exact) mass is 440 g/mol. The van der Waals surface area contributed by atoms with Gasteiger partial charge in [-0.1, -0.05) is 41.6 Å². The average molecular weight is 441 g/mol. The highest BCUT2D eigenvalue weighted by Gasteiger charge is 2.20. The van der Waals surface area contributed by atoms with E-state index in [1.54, 1.807) is 19.2 Å². The first kappa shape index (κ1) is 22.7. The highest BCUT2D eigenvalue weighted by Crippen LogP contribution is 2.28. The lowest BCUT2D eigenvalue weighted by atomic mass is 10.1. The summed E-state index contributed by atoms with van der Waals surface area (Å²) in [5.41, 5.74) is 2.92. The molecule has 0 bridgehead atoms. The fourth-order valence-corrected chi connectivity index (χ4v) is 4.05. The van der Waals surface area contributed by atoms with Gasteiger partial charge in [0.15, 0.2) is 17.1 Å². The highest BCUT2D eigenvalue weighted by molar-refractivity contribution is 7.99. The van der Waals surface area contributed by atoms with E-state index in [0.717, 1.165) is 17.1 Å². The standard InChI is InChI=1S/C23H28N4O3S/c1-6-27-22(17(4)30-19-12-11-15(2)13-16(19)3)25-26-23(27)31-14-21(28)24-18-9-7-8-10-20(18)29-5/h7-13,17H,6,14H2,1-5H3,(H,24,28). The van der Waals surface area contributed by atoms with E-state index in [4.69, 9.17) is 9.47 Å². The number of hydrogen-bond donors (Lipinski definition) is 1.